The lowest BCUT2D eigenvalue weighted by molar-refractivity contribution is 0.548. The van der Waals surface area contributed by atoms with Crippen LogP contribution in [0.3, 0.4) is 0 Å². The zero-order chi connectivity index (χ0) is 14.4. The summed E-state index contributed by atoms with van der Waals surface area (Å²) in [4.78, 5) is 4.39. The van der Waals surface area contributed by atoms with Crippen LogP contribution in [0, 0.1) is 17.2 Å². The monoisotopic (exact) mass is 268 g/mol. The molecule has 2 aromatic rings. The molecule has 20 heavy (non-hydrogen) atoms. The molecule has 0 spiro atoms. The van der Waals surface area contributed by atoms with Crippen molar-refractivity contribution in [3.8, 4) is 6.07 Å². The fraction of sp³-hybridized carbons (Fsp3) is 0.375. The van der Waals surface area contributed by atoms with Crippen molar-refractivity contribution in [1.29, 1.82) is 5.26 Å². The molecule has 0 fully saturated rings. The molecule has 0 aliphatic rings. The van der Waals surface area contributed by atoms with E-state index in [-0.39, 0.29) is 0 Å². The van der Waals surface area contributed by atoms with Gasteiger partial charge in [-0.1, -0.05) is 26.0 Å². The summed E-state index contributed by atoms with van der Waals surface area (Å²) in [5, 5.41) is 12.3. The van der Waals surface area contributed by atoms with Crippen molar-refractivity contribution in [2.45, 2.75) is 26.9 Å². The maximum Gasteiger partial charge on any atom is 0.0991 e. The van der Waals surface area contributed by atoms with Gasteiger partial charge in [-0.05, 0) is 30.2 Å². The van der Waals surface area contributed by atoms with E-state index in [2.05, 4.69) is 30.2 Å². The molecule has 1 heterocycles. The number of hydrogen-bond acceptors (Lipinski definition) is 3. The van der Waals surface area contributed by atoms with E-state index in [4.69, 9.17) is 5.26 Å². The average molecular weight is 268 g/mol. The molecule has 0 bridgehead atoms. The first-order valence-electron chi connectivity index (χ1n) is 6.88. The number of nitriles is 1. The quantitative estimate of drug-likeness (QED) is 0.876. The molecule has 1 aromatic heterocycles. The highest BCUT2D eigenvalue weighted by molar-refractivity contribution is 5.32. The Hall–Kier alpha value is -2.12. The lowest BCUT2D eigenvalue weighted by Gasteiger charge is -2.05. The molecule has 0 atom stereocenters. The highest BCUT2D eigenvalue weighted by Gasteiger charge is 2.01. The Balaban J connectivity index is 1.93. The zero-order valence-corrected chi connectivity index (χ0v) is 12.0. The van der Waals surface area contributed by atoms with Crippen molar-refractivity contribution in [3.05, 3.63) is 53.6 Å². The van der Waals surface area contributed by atoms with E-state index in [0.717, 1.165) is 30.9 Å². The second-order valence-corrected chi connectivity index (χ2v) is 5.37. The lowest BCUT2D eigenvalue weighted by atomic mass is 10.1. The van der Waals surface area contributed by atoms with Gasteiger partial charge in [0.1, 0.15) is 0 Å². The minimum atomic E-state index is 0.644. The number of hydrogen-bond donors (Lipinski definition) is 1. The van der Waals surface area contributed by atoms with Crippen molar-refractivity contribution in [3.63, 3.8) is 0 Å². The van der Waals surface area contributed by atoms with Crippen LogP contribution in [-0.2, 0) is 13.1 Å². The van der Waals surface area contributed by atoms with Crippen molar-refractivity contribution >= 4 is 0 Å². The summed E-state index contributed by atoms with van der Waals surface area (Å²) in [5.41, 5.74) is 2.85. The molecule has 0 saturated carbocycles. The van der Waals surface area contributed by atoms with Crippen LogP contribution in [0.2, 0.25) is 0 Å². The van der Waals surface area contributed by atoms with Gasteiger partial charge in [0.15, 0.2) is 0 Å². The van der Waals surface area contributed by atoms with Crippen LogP contribution in [0.5, 0.6) is 0 Å². The van der Waals surface area contributed by atoms with Gasteiger partial charge in [-0.2, -0.15) is 5.26 Å². The Morgan fingerprint density at radius 2 is 2.25 bits per heavy atom. The number of benzene rings is 1. The summed E-state index contributed by atoms with van der Waals surface area (Å²) in [7, 11) is 0. The van der Waals surface area contributed by atoms with Crippen molar-refractivity contribution in [1.82, 2.24) is 14.9 Å². The average Bonchev–Trinajstić information content (AvgIpc) is 2.86. The Labute approximate surface area is 120 Å². The Bertz CT molecular complexity index is 593. The van der Waals surface area contributed by atoms with E-state index < -0.39 is 0 Å². The van der Waals surface area contributed by atoms with Crippen LogP contribution in [-0.4, -0.2) is 16.1 Å². The minimum Gasteiger partial charge on any atom is -0.333 e. The second kappa shape index (κ2) is 6.88. The predicted octanol–water partition coefficient (Wildman–Crippen LogP) is 2.55. The molecule has 0 radical (unpaired) electrons. The molecular weight excluding hydrogens is 248 g/mol. The number of nitrogens with one attached hydrogen (secondary N) is 1. The summed E-state index contributed by atoms with van der Waals surface area (Å²) in [6.07, 6.45) is 3.89. The van der Waals surface area contributed by atoms with Gasteiger partial charge in [0.2, 0.25) is 0 Å². The van der Waals surface area contributed by atoms with Gasteiger partial charge in [0.25, 0.3) is 0 Å². The van der Waals surface area contributed by atoms with Crippen LogP contribution >= 0.6 is 0 Å². The number of rotatable bonds is 6. The fourth-order valence-electron chi connectivity index (χ4n) is 2.02. The predicted molar refractivity (Wildman–Crippen MR) is 79.0 cm³/mol. The minimum absolute atomic E-state index is 0.644. The van der Waals surface area contributed by atoms with Crippen LogP contribution in [0.4, 0.5) is 0 Å². The molecule has 1 aromatic carbocycles. The normalized spacial score (nSPS) is 10.7. The highest BCUT2D eigenvalue weighted by Crippen LogP contribution is 2.07. The smallest absolute Gasteiger partial charge is 0.0991 e. The van der Waals surface area contributed by atoms with E-state index in [1.54, 1.807) is 0 Å². The van der Waals surface area contributed by atoms with Gasteiger partial charge < -0.3 is 9.88 Å². The van der Waals surface area contributed by atoms with E-state index in [0.29, 0.717) is 11.5 Å². The van der Waals surface area contributed by atoms with E-state index in [9.17, 15) is 0 Å². The molecule has 2 rings (SSSR count). The SMILES string of the molecule is CC(C)CNCc1cn(Cc2cccc(C#N)c2)cn1. The van der Waals surface area contributed by atoms with Crippen molar-refractivity contribution in [2.75, 3.05) is 6.54 Å². The molecule has 1 N–H and O–H groups in total. The molecule has 4 heteroatoms. The summed E-state index contributed by atoms with van der Waals surface area (Å²) in [6.45, 7) is 6.91. The molecule has 0 amide bonds. The number of aromatic nitrogens is 2. The molecule has 104 valence electrons. The highest BCUT2D eigenvalue weighted by atomic mass is 15.0. The molecule has 0 saturated heterocycles. The third-order valence-electron chi connectivity index (χ3n) is 2.97. The van der Waals surface area contributed by atoms with Crippen LogP contribution < -0.4 is 5.32 Å². The fourth-order valence-corrected chi connectivity index (χ4v) is 2.02. The van der Waals surface area contributed by atoms with Crippen LogP contribution in [0.1, 0.15) is 30.7 Å². The lowest BCUT2D eigenvalue weighted by Crippen LogP contribution is -2.19. The third-order valence-corrected chi connectivity index (χ3v) is 2.97. The number of imidazole rings is 1. The topological polar surface area (TPSA) is 53.6 Å². The standard InChI is InChI=1S/C16H20N4/c1-13(2)8-18-9-16-11-20(12-19-16)10-15-5-3-4-14(6-15)7-17/h3-6,11-13,18H,8-10H2,1-2H3. The van der Waals surface area contributed by atoms with Crippen LogP contribution in [0.25, 0.3) is 0 Å². The first-order valence-corrected chi connectivity index (χ1v) is 6.88. The van der Waals surface area contributed by atoms with Gasteiger partial charge in [-0.3, -0.25) is 0 Å². The largest absolute Gasteiger partial charge is 0.333 e. The van der Waals surface area contributed by atoms with Gasteiger partial charge in [0.05, 0.1) is 23.7 Å². The van der Waals surface area contributed by atoms with Gasteiger partial charge in [-0.25, -0.2) is 4.98 Å². The third kappa shape index (κ3) is 4.22. The summed E-state index contributed by atoms with van der Waals surface area (Å²) in [6, 6.07) is 9.83. The summed E-state index contributed by atoms with van der Waals surface area (Å²) in [5.74, 6) is 0.644. The van der Waals surface area contributed by atoms with E-state index in [1.165, 1.54) is 0 Å². The van der Waals surface area contributed by atoms with Crippen LogP contribution in [0.15, 0.2) is 36.8 Å². The van der Waals surface area contributed by atoms with Gasteiger partial charge in [0, 0.05) is 19.3 Å². The molecular formula is C16H20N4. The number of nitrogens with zero attached hydrogens (tertiary/aromatic N) is 3. The van der Waals surface area contributed by atoms with E-state index >= 15 is 0 Å². The van der Waals surface area contributed by atoms with Gasteiger partial charge in [-0.15, -0.1) is 0 Å². The Morgan fingerprint density at radius 1 is 1.40 bits per heavy atom. The van der Waals surface area contributed by atoms with Gasteiger partial charge >= 0.3 is 0 Å². The first kappa shape index (κ1) is 14.3. The Kier molecular flexibility index (Phi) is 4.91. The van der Waals surface area contributed by atoms with E-state index in [1.807, 2.05) is 41.4 Å². The maximum atomic E-state index is 8.90. The van der Waals surface area contributed by atoms with Crippen molar-refractivity contribution in [2.24, 2.45) is 5.92 Å². The maximum absolute atomic E-state index is 8.90. The summed E-state index contributed by atoms with van der Waals surface area (Å²) < 4.78 is 2.04. The molecule has 0 aliphatic heterocycles. The van der Waals surface area contributed by atoms with Crippen molar-refractivity contribution < 1.29 is 0 Å². The summed E-state index contributed by atoms with van der Waals surface area (Å²) >= 11 is 0. The Morgan fingerprint density at radius 3 is 3.00 bits per heavy atom. The molecule has 4 nitrogen and oxygen atoms in total. The zero-order valence-electron chi connectivity index (χ0n) is 12.0. The first-order chi connectivity index (χ1) is 9.67. The second-order valence-electron chi connectivity index (χ2n) is 5.37. The molecule has 0 aliphatic carbocycles. The molecule has 0 unspecified atom stereocenters.